The molecule has 1 aliphatic carbocycles. The first-order valence-corrected chi connectivity index (χ1v) is 7.00. The second kappa shape index (κ2) is 6.37. The summed E-state index contributed by atoms with van der Waals surface area (Å²) in [7, 11) is 0. The molecule has 2 unspecified atom stereocenters. The fraction of sp³-hybridized carbons (Fsp3) is 0.467. The van der Waals surface area contributed by atoms with Crippen molar-refractivity contribution < 1.29 is 27.9 Å². The Bertz CT molecular complexity index is 554. The van der Waals surface area contributed by atoms with E-state index in [-0.39, 0.29) is 5.69 Å². The first kappa shape index (κ1) is 16.3. The smallest absolute Gasteiger partial charge is 0.416 e. The average molecular weight is 315 g/mol. The standard InChI is InChI=1S/C15H16F3NO3/c16-15(17,18)9-5-7-10(8-6-9)19-13(20)11-3-1-2-4-12(11)14(21)22/h5-8,11-12H,1-4H2,(H,19,20)(H,21,22). The highest BCUT2D eigenvalue weighted by Gasteiger charge is 2.36. The lowest BCUT2D eigenvalue weighted by Crippen LogP contribution is -2.36. The number of nitrogens with one attached hydrogen (secondary N) is 1. The van der Waals surface area contributed by atoms with Crippen molar-refractivity contribution >= 4 is 17.6 Å². The fourth-order valence-corrected chi connectivity index (χ4v) is 2.72. The Kier molecular flexibility index (Phi) is 4.73. The average Bonchev–Trinajstić information content (AvgIpc) is 2.46. The van der Waals surface area contributed by atoms with Gasteiger partial charge in [-0.3, -0.25) is 9.59 Å². The summed E-state index contributed by atoms with van der Waals surface area (Å²) in [5.74, 6) is -2.84. The number of carboxylic acid groups (broad SMARTS) is 1. The molecule has 1 saturated carbocycles. The van der Waals surface area contributed by atoms with Gasteiger partial charge in [-0.15, -0.1) is 0 Å². The van der Waals surface area contributed by atoms with Gasteiger partial charge in [-0.05, 0) is 37.1 Å². The van der Waals surface area contributed by atoms with Gasteiger partial charge in [0.05, 0.1) is 17.4 Å². The summed E-state index contributed by atoms with van der Waals surface area (Å²) in [6.45, 7) is 0. The van der Waals surface area contributed by atoms with E-state index in [1.165, 1.54) is 12.1 Å². The molecule has 0 radical (unpaired) electrons. The molecule has 7 heteroatoms. The SMILES string of the molecule is O=C(O)C1CCCCC1C(=O)Nc1ccc(C(F)(F)F)cc1. The van der Waals surface area contributed by atoms with Crippen LogP contribution in [0.2, 0.25) is 0 Å². The Morgan fingerprint density at radius 2 is 1.59 bits per heavy atom. The molecule has 0 saturated heterocycles. The Labute approximate surface area is 125 Å². The summed E-state index contributed by atoms with van der Waals surface area (Å²) in [6.07, 6.45) is -1.97. The lowest BCUT2D eigenvalue weighted by Gasteiger charge is -2.27. The molecule has 0 spiro atoms. The number of alkyl halides is 3. The summed E-state index contributed by atoms with van der Waals surface area (Å²) in [4.78, 5) is 23.3. The number of halogens is 3. The van der Waals surface area contributed by atoms with Crippen LogP contribution < -0.4 is 5.32 Å². The van der Waals surface area contributed by atoms with Gasteiger partial charge in [-0.1, -0.05) is 12.8 Å². The second-order valence-corrected chi connectivity index (χ2v) is 5.40. The molecular weight excluding hydrogens is 299 g/mol. The second-order valence-electron chi connectivity index (χ2n) is 5.40. The van der Waals surface area contributed by atoms with E-state index in [1.807, 2.05) is 0 Å². The minimum Gasteiger partial charge on any atom is -0.481 e. The first-order valence-electron chi connectivity index (χ1n) is 7.00. The normalized spacial score (nSPS) is 22.1. The molecule has 2 rings (SSSR count). The largest absolute Gasteiger partial charge is 0.481 e. The number of rotatable bonds is 3. The van der Waals surface area contributed by atoms with Crippen molar-refractivity contribution in [2.45, 2.75) is 31.9 Å². The zero-order valence-corrected chi connectivity index (χ0v) is 11.7. The van der Waals surface area contributed by atoms with Crippen LogP contribution in [0.5, 0.6) is 0 Å². The van der Waals surface area contributed by atoms with Crippen LogP contribution in [-0.2, 0) is 15.8 Å². The van der Waals surface area contributed by atoms with Crippen molar-refractivity contribution in [1.82, 2.24) is 0 Å². The van der Waals surface area contributed by atoms with Crippen LogP contribution in [0.3, 0.4) is 0 Å². The highest BCUT2D eigenvalue weighted by molar-refractivity contribution is 5.95. The predicted molar refractivity (Wildman–Crippen MR) is 73.2 cm³/mol. The molecule has 1 aliphatic rings. The van der Waals surface area contributed by atoms with E-state index in [2.05, 4.69) is 5.32 Å². The van der Waals surface area contributed by atoms with Gasteiger partial charge in [-0.25, -0.2) is 0 Å². The molecule has 2 N–H and O–H groups in total. The molecular formula is C15H16F3NO3. The van der Waals surface area contributed by atoms with Crippen molar-refractivity contribution in [2.24, 2.45) is 11.8 Å². The number of carbonyl (C=O) groups excluding carboxylic acids is 1. The first-order chi connectivity index (χ1) is 10.3. The number of amides is 1. The maximum Gasteiger partial charge on any atom is 0.416 e. The number of anilines is 1. The van der Waals surface area contributed by atoms with Gasteiger partial charge >= 0.3 is 12.1 Å². The van der Waals surface area contributed by atoms with Crippen molar-refractivity contribution in [1.29, 1.82) is 0 Å². The maximum atomic E-state index is 12.5. The van der Waals surface area contributed by atoms with E-state index in [4.69, 9.17) is 5.11 Å². The number of carbonyl (C=O) groups is 2. The number of benzene rings is 1. The molecule has 2 atom stereocenters. The molecule has 1 aromatic carbocycles. The van der Waals surface area contributed by atoms with Crippen LogP contribution in [0.15, 0.2) is 24.3 Å². The number of hydrogen-bond acceptors (Lipinski definition) is 2. The third-order valence-electron chi connectivity index (χ3n) is 3.90. The molecule has 0 heterocycles. The molecule has 1 fully saturated rings. The van der Waals surface area contributed by atoms with E-state index < -0.39 is 35.5 Å². The van der Waals surface area contributed by atoms with Crippen LogP contribution in [0.4, 0.5) is 18.9 Å². The molecule has 22 heavy (non-hydrogen) atoms. The molecule has 1 amide bonds. The fourth-order valence-electron chi connectivity index (χ4n) is 2.72. The molecule has 120 valence electrons. The third kappa shape index (κ3) is 3.78. The summed E-state index contributed by atoms with van der Waals surface area (Å²) in [6, 6.07) is 4.09. The Morgan fingerprint density at radius 1 is 1.05 bits per heavy atom. The van der Waals surface area contributed by atoms with Crippen LogP contribution in [0, 0.1) is 11.8 Å². The van der Waals surface area contributed by atoms with Crippen molar-refractivity contribution in [3.05, 3.63) is 29.8 Å². The van der Waals surface area contributed by atoms with Gasteiger partial charge < -0.3 is 10.4 Å². The highest BCUT2D eigenvalue weighted by Crippen LogP contribution is 2.32. The van der Waals surface area contributed by atoms with E-state index in [0.717, 1.165) is 25.0 Å². The Morgan fingerprint density at radius 3 is 2.09 bits per heavy atom. The van der Waals surface area contributed by atoms with Gasteiger partial charge in [0, 0.05) is 5.69 Å². The van der Waals surface area contributed by atoms with Gasteiger partial charge in [0.2, 0.25) is 5.91 Å². The van der Waals surface area contributed by atoms with Crippen molar-refractivity contribution in [2.75, 3.05) is 5.32 Å². The van der Waals surface area contributed by atoms with E-state index in [1.54, 1.807) is 0 Å². The van der Waals surface area contributed by atoms with Crippen molar-refractivity contribution in [3.8, 4) is 0 Å². The van der Waals surface area contributed by atoms with Gasteiger partial charge in [0.15, 0.2) is 0 Å². The molecule has 1 aromatic rings. The van der Waals surface area contributed by atoms with Crippen LogP contribution >= 0.6 is 0 Å². The lowest BCUT2D eigenvalue weighted by atomic mass is 9.78. The summed E-state index contributed by atoms with van der Waals surface area (Å²) >= 11 is 0. The molecule has 4 nitrogen and oxygen atoms in total. The zero-order valence-electron chi connectivity index (χ0n) is 11.7. The van der Waals surface area contributed by atoms with Crippen LogP contribution in [0.25, 0.3) is 0 Å². The van der Waals surface area contributed by atoms with Crippen LogP contribution in [0.1, 0.15) is 31.2 Å². The van der Waals surface area contributed by atoms with Crippen molar-refractivity contribution in [3.63, 3.8) is 0 Å². The van der Waals surface area contributed by atoms with E-state index >= 15 is 0 Å². The summed E-state index contributed by atoms with van der Waals surface area (Å²) in [5.41, 5.74) is -0.570. The van der Waals surface area contributed by atoms with Crippen LogP contribution in [-0.4, -0.2) is 17.0 Å². The maximum absolute atomic E-state index is 12.5. The summed E-state index contributed by atoms with van der Waals surface area (Å²) < 4.78 is 37.4. The van der Waals surface area contributed by atoms with Gasteiger partial charge in [0.25, 0.3) is 0 Å². The Hall–Kier alpha value is -2.05. The number of aliphatic carboxylic acids is 1. The quantitative estimate of drug-likeness (QED) is 0.896. The van der Waals surface area contributed by atoms with Gasteiger partial charge in [0.1, 0.15) is 0 Å². The monoisotopic (exact) mass is 315 g/mol. The topological polar surface area (TPSA) is 66.4 Å². The molecule has 0 bridgehead atoms. The predicted octanol–water partition coefficient (Wildman–Crippen LogP) is 3.53. The minimum absolute atomic E-state index is 0.229. The molecule has 0 aromatic heterocycles. The number of hydrogen-bond donors (Lipinski definition) is 2. The number of carboxylic acids is 1. The van der Waals surface area contributed by atoms with E-state index in [0.29, 0.717) is 12.8 Å². The van der Waals surface area contributed by atoms with E-state index in [9.17, 15) is 22.8 Å². The Balaban J connectivity index is 2.06. The lowest BCUT2D eigenvalue weighted by molar-refractivity contribution is -0.147. The van der Waals surface area contributed by atoms with Gasteiger partial charge in [-0.2, -0.15) is 13.2 Å². The zero-order chi connectivity index (χ0) is 16.3. The summed E-state index contributed by atoms with van der Waals surface area (Å²) in [5, 5.41) is 11.7. The minimum atomic E-state index is -4.43. The molecule has 0 aliphatic heterocycles. The highest BCUT2D eigenvalue weighted by atomic mass is 19.4. The third-order valence-corrected chi connectivity index (χ3v) is 3.90.